The molecule has 0 amide bonds. The van der Waals surface area contributed by atoms with Crippen LogP contribution in [0.2, 0.25) is 0 Å². The third-order valence-electron chi connectivity index (χ3n) is 5.36. The van der Waals surface area contributed by atoms with E-state index in [0.29, 0.717) is 0 Å². The van der Waals surface area contributed by atoms with Crippen molar-refractivity contribution in [1.82, 2.24) is 14.0 Å². The van der Waals surface area contributed by atoms with Gasteiger partial charge in [-0.15, -0.1) is 0 Å². The average Bonchev–Trinajstić information content (AvgIpc) is 2.65. The van der Waals surface area contributed by atoms with Crippen LogP contribution < -0.4 is 56.9 Å². The highest BCUT2D eigenvalue weighted by Gasteiger charge is 2.19. The predicted molar refractivity (Wildman–Crippen MR) is 124 cm³/mol. The van der Waals surface area contributed by atoms with Crippen LogP contribution in [0.15, 0.2) is 66.7 Å². The zero-order valence-corrected chi connectivity index (χ0v) is 22.8. The summed E-state index contributed by atoms with van der Waals surface area (Å²) in [4.78, 5) is 5.15. The molecule has 30 heavy (non-hydrogen) atoms. The fourth-order valence-corrected chi connectivity index (χ4v) is 3.63. The van der Waals surface area contributed by atoms with Crippen molar-refractivity contribution in [2.45, 2.75) is 0 Å². The summed E-state index contributed by atoms with van der Waals surface area (Å²) < 4.78 is 1.55. The van der Waals surface area contributed by atoms with Crippen molar-refractivity contribution < 1.29 is 48.0 Å². The largest absolute Gasteiger partial charge is 1.00 e. The van der Waals surface area contributed by atoms with E-state index in [4.69, 9.17) is 4.98 Å². The van der Waals surface area contributed by atoms with Gasteiger partial charge in [-0.1, -0.05) is 30.3 Å². The van der Waals surface area contributed by atoms with Crippen molar-refractivity contribution in [3.63, 3.8) is 0 Å². The summed E-state index contributed by atoms with van der Waals surface area (Å²) in [5.74, 6) is 0. The van der Waals surface area contributed by atoms with Crippen molar-refractivity contribution in [1.29, 1.82) is 0 Å². The van der Waals surface area contributed by atoms with Crippen molar-refractivity contribution in [2.24, 2.45) is 0 Å². The number of hydrogen-bond acceptors (Lipinski definition) is 1. The molecule has 0 fully saturated rings. The van der Waals surface area contributed by atoms with E-state index in [-0.39, 0.29) is 48.0 Å². The van der Waals surface area contributed by atoms with E-state index >= 15 is 0 Å². The van der Waals surface area contributed by atoms with Gasteiger partial charge >= 0.3 is 0 Å². The monoisotopic (exact) mass is 625 g/mol. The van der Waals surface area contributed by atoms with Gasteiger partial charge in [-0.2, -0.15) is 0 Å². The number of halogens is 2. The summed E-state index contributed by atoms with van der Waals surface area (Å²) >= 11 is 0. The molecule has 1 aromatic heterocycles. The molecule has 3 nitrogen and oxygen atoms in total. The highest BCUT2D eigenvalue weighted by Crippen LogP contribution is 2.36. The number of aromatic nitrogens is 1. The van der Waals surface area contributed by atoms with Gasteiger partial charge in [-0.3, -0.25) is 8.97 Å². The van der Waals surface area contributed by atoms with E-state index in [1.807, 2.05) is 0 Å². The number of quaternary nitrogens is 2. The first-order valence-electron chi connectivity index (χ1n) is 9.71. The van der Waals surface area contributed by atoms with Crippen LogP contribution in [0.5, 0.6) is 0 Å². The highest BCUT2D eigenvalue weighted by molar-refractivity contribution is 6.12. The molecule has 4 rings (SSSR count). The lowest BCUT2D eigenvalue weighted by atomic mass is 9.98. The molecule has 0 N–H and O–H groups in total. The Hall–Kier alpha value is -1.29. The Bertz CT molecular complexity index is 1170. The smallest absolute Gasteiger partial charge is 0.134 e. The second-order valence-electron chi connectivity index (χ2n) is 9.28. The summed E-state index contributed by atoms with van der Waals surface area (Å²) in [6, 6.07) is 24.0. The molecule has 0 saturated carbocycles. The fraction of sp³-hybridized carbons (Fsp3) is 0.240. The molecule has 0 aliphatic carbocycles. The average molecular weight is 625 g/mol. The fourth-order valence-electron chi connectivity index (χ4n) is 3.63. The summed E-state index contributed by atoms with van der Waals surface area (Å²) in [6.45, 7) is 0. The van der Waals surface area contributed by atoms with Crippen molar-refractivity contribution in [2.75, 3.05) is 42.3 Å². The van der Waals surface area contributed by atoms with Crippen LogP contribution >= 0.6 is 0 Å². The van der Waals surface area contributed by atoms with Crippen LogP contribution in [0, 0.1) is 0 Å². The second-order valence-corrected chi connectivity index (χ2v) is 9.28. The minimum atomic E-state index is 0. The van der Waals surface area contributed by atoms with Gasteiger partial charge in [-0.05, 0) is 29.7 Å². The van der Waals surface area contributed by atoms with E-state index in [0.717, 1.165) is 25.7 Å². The first kappa shape index (κ1) is 25.0. The third kappa shape index (κ3) is 4.79. The minimum absolute atomic E-state index is 0. The Morgan fingerprint density at radius 3 is 1.67 bits per heavy atom. The topological polar surface area (TPSA) is 12.9 Å². The van der Waals surface area contributed by atoms with Gasteiger partial charge in [0.25, 0.3) is 0 Å². The molecule has 0 unspecified atom stereocenters. The van der Waals surface area contributed by atoms with Crippen LogP contribution in [-0.2, 0) is 0 Å². The maximum Gasteiger partial charge on any atom is 0.134 e. The van der Waals surface area contributed by atoms with E-state index in [9.17, 15) is 0 Å². The molecule has 1 heterocycles. The van der Waals surface area contributed by atoms with Gasteiger partial charge in [0.1, 0.15) is 11.4 Å². The maximum atomic E-state index is 5.15. The van der Waals surface area contributed by atoms with E-state index in [1.54, 1.807) is 0 Å². The number of fused-ring (bicyclic) bond motifs is 3. The molecule has 0 spiro atoms. The van der Waals surface area contributed by atoms with Crippen LogP contribution in [0.4, 0.5) is 11.4 Å². The van der Waals surface area contributed by atoms with Gasteiger partial charge < -0.3 is 48.0 Å². The van der Waals surface area contributed by atoms with Crippen molar-refractivity contribution >= 4 is 33.1 Å². The van der Waals surface area contributed by atoms with Crippen molar-refractivity contribution in [3.8, 4) is 11.3 Å². The summed E-state index contributed by atoms with van der Waals surface area (Å²) in [5, 5.41) is 3.68. The van der Waals surface area contributed by atoms with E-state index in [2.05, 4.69) is 109 Å². The molecule has 4 aromatic rings. The number of rotatable bonds is 3. The number of nitrogens with zero attached hydrogens (tertiary/aromatic N) is 3. The third-order valence-corrected chi connectivity index (χ3v) is 5.36. The summed E-state index contributed by atoms with van der Waals surface area (Å²) in [5.41, 5.74) is 5.78. The van der Waals surface area contributed by atoms with E-state index in [1.165, 1.54) is 27.5 Å². The van der Waals surface area contributed by atoms with Gasteiger partial charge in [0.2, 0.25) is 0 Å². The molecule has 0 radical (unpaired) electrons. The zero-order valence-electron chi connectivity index (χ0n) is 18.4. The van der Waals surface area contributed by atoms with E-state index < -0.39 is 0 Å². The standard InChI is InChI=1S/C25H29N3.2HI/c1-27(2,3)19-12-14-21-22-15-13-20(28(4,5)6)17-24(22)26-25(23(21)16-19)18-10-8-7-9-11-18;;/h7-17H,1-6H3;2*1H/q+2;;/p-2. The van der Waals surface area contributed by atoms with Crippen LogP contribution in [0.1, 0.15) is 0 Å². The van der Waals surface area contributed by atoms with Gasteiger partial charge in [0.15, 0.2) is 0 Å². The molecule has 0 aliphatic rings. The molecule has 0 atom stereocenters. The molecular weight excluding hydrogens is 596 g/mol. The van der Waals surface area contributed by atoms with Crippen LogP contribution in [0.3, 0.4) is 0 Å². The van der Waals surface area contributed by atoms with Gasteiger partial charge in [0.05, 0.1) is 53.5 Å². The molecule has 5 heteroatoms. The number of benzene rings is 3. The lowest BCUT2D eigenvalue weighted by Gasteiger charge is -2.25. The Kier molecular flexibility index (Phi) is 7.54. The lowest BCUT2D eigenvalue weighted by Crippen LogP contribution is -3.00. The normalized spacial score (nSPS) is 11.8. The Morgan fingerprint density at radius 2 is 1.10 bits per heavy atom. The molecule has 158 valence electrons. The first-order chi connectivity index (χ1) is 13.1. The maximum absolute atomic E-state index is 5.15. The Morgan fingerprint density at radius 1 is 0.567 bits per heavy atom. The Labute approximate surface area is 213 Å². The number of hydrogen-bond donors (Lipinski definition) is 0. The Balaban J connectivity index is 0.00000160. The summed E-state index contributed by atoms with van der Waals surface area (Å²) in [7, 11) is 13.2. The van der Waals surface area contributed by atoms with Crippen LogP contribution in [-0.4, -0.2) is 47.3 Å². The van der Waals surface area contributed by atoms with Crippen LogP contribution in [0.25, 0.3) is 32.9 Å². The quantitative estimate of drug-likeness (QED) is 0.170. The van der Waals surface area contributed by atoms with Gasteiger partial charge in [0, 0.05) is 28.5 Å². The molecule has 0 saturated heterocycles. The predicted octanol–water partition coefficient (Wildman–Crippen LogP) is -0.544. The highest BCUT2D eigenvalue weighted by atomic mass is 127. The lowest BCUT2D eigenvalue weighted by molar-refractivity contribution is -0.00100. The minimum Gasteiger partial charge on any atom is -1.00 e. The first-order valence-corrected chi connectivity index (χ1v) is 9.71. The molecular formula is C25H29I2N3. The van der Waals surface area contributed by atoms with Crippen molar-refractivity contribution in [3.05, 3.63) is 66.7 Å². The van der Waals surface area contributed by atoms with Gasteiger partial charge in [-0.25, -0.2) is 4.98 Å². The molecule has 0 aliphatic heterocycles. The number of pyridine rings is 1. The zero-order chi connectivity index (χ0) is 20.1. The second kappa shape index (κ2) is 9.06. The molecule has 0 bridgehead atoms. The summed E-state index contributed by atoms with van der Waals surface area (Å²) in [6.07, 6.45) is 0. The SMILES string of the molecule is C[N+](C)(C)c1ccc2c(c1)nc(-c1ccccc1)c1cc([N+](C)(C)C)ccc12.[I-].[I-]. The molecule has 3 aromatic carbocycles.